The molecule has 0 radical (unpaired) electrons. The first-order valence-corrected chi connectivity index (χ1v) is 8.22. The number of aliphatic hydroxyl groups excluding tert-OH is 1. The van der Waals surface area contributed by atoms with Crippen molar-refractivity contribution in [2.75, 3.05) is 13.2 Å². The zero-order valence-corrected chi connectivity index (χ0v) is 15.1. The van der Waals surface area contributed by atoms with Crippen molar-refractivity contribution in [3.8, 4) is 0 Å². The second-order valence-electron chi connectivity index (χ2n) is 5.88. The number of hydrogen-bond acceptors (Lipinski definition) is 7. The van der Waals surface area contributed by atoms with E-state index in [1.165, 1.54) is 0 Å². The van der Waals surface area contributed by atoms with Crippen LogP contribution in [0.3, 0.4) is 0 Å². The zero-order valence-electron chi connectivity index (χ0n) is 15.1. The summed E-state index contributed by atoms with van der Waals surface area (Å²) in [6.07, 6.45) is -0.311. The largest absolute Gasteiger partial charge is 0.481 e. The Hall–Kier alpha value is -2.73. The molecule has 0 bridgehead atoms. The number of carbonyl (C=O) groups excluding carboxylic acids is 3. The summed E-state index contributed by atoms with van der Waals surface area (Å²) < 4.78 is 0. The van der Waals surface area contributed by atoms with Gasteiger partial charge in [-0.1, -0.05) is 20.3 Å². The zero-order chi connectivity index (χ0) is 21.1. The molecule has 0 aromatic carbocycles. The van der Waals surface area contributed by atoms with E-state index in [1.807, 2.05) is 0 Å². The van der Waals surface area contributed by atoms with E-state index in [0.29, 0.717) is 6.42 Å². The predicted octanol–water partition coefficient (Wildman–Crippen LogP) is -3.00. The van der Waals surface area contributed by atoms with Gasteiger partial charge in [0, 0.05) is 0 Å². The summed E-state index contributed by atoms with van der Waals surface area (Å²) in [7, 11) is 0. The second kappa shape index (κ2) is 11.8. The number of amides is 3. The molecule has 0 saturated carbocycles. The Morgan fingerprint density at radius 2 is 1.56 bits per heavy atom. The molecule has 0 aromatic rings. The van der Waals surface area contributed by atoms with Crippen LogP contribution in [0.1, 0.15) is 26.7 Å². The van der Waals surface area contributed by atoms with Crippen molar-refractivity contribution in [1.29, 1.82) is 0 Å². The molecule has 12 nitrogen and oxygen atoms in total. The number of carbonyl (C=O) groups is 5. The van der Waals surface area contributed by atoms with Crippen LogP contribution in [0.15, 0.2) is 0 Å². The van der Waals surface area contributed by atoms with Gasteiger partial charge in [0.1, 0.15) is 18.1 Å². The van der Waals surface area contributed by atoms with Crippen LogP contribution in [0.4, 0.5) is 0 Å². The maximum absolute atomic E-state index is 12.4. The van der Waals surface area contributed by atoms with Crippen LogP contribution in [0, 0.1) is 5.92 Å². The van der Waals surface area contributed by atoms with Crippen molar-refractivity contribution in [1.82, 2.24) is 16.0 Å². The average Bonchev–Trinajstić information content (AvgIpc) is 2.61. The summed E-state index contributed by atoms with van der Waals surface area (Å²) in [5, 5.41) is 33.4. The lowest BCUT2D eigenvalue weighted by atomic mass is 9.97. The fraction of sp³-hybridized carbons (Fsp3) is 0.667. The van der Waals surface area contributed by atoms with Crippen molar-refractivity contribution >= 4 is 29.7 Å². The van der Waals surface area contributed by atoms with Gasteiger partial charge in [0.05, 0.1) is 19.6 Å². The SMILES string of the molecule is CCC(C)C(NC(=O)C(CC(=O)O)NC(=O)CN)C(=O)NC(CO)C(=O)O. The van der Waals surface area contributed by atoms with Crippen molar-refractivity contribution < 1.29 is 39.3 Å². The van der Waals surface area contributed by atoms with Crippen molar-refractivity contribution in [3.63, 3.8) is 0 Å². The summed E-state index contributed by atoms with van der Waals surface area (Å²) in [6, 6.07) is -4.24. The minimum Gasteiger partial charge on any atom is -0.481 e. The van der Waals surface area contributed by atoms with Gasteiger partial charge in [-0.2, -0.15) is 0 Å². The van der Waals surface area contributed by atoms with E-state index in [1.54, 1.807) is 13.8 Å². The standard InChI is InChI=1S/C15H26N4O8/c1-3-7(2)12(14(25)18-9(6-20)15(26)27)19-13(24)8(4-11(22)23)17-10(21)5-16/h7-9,12,20H,3-6,16H2,1-2H3,(H,17,21)(H,18,25)(H,19,24)(H,22,23)(H,26,27). The van der Waals surface area contributed by atoms with Crippen LogP contribution in [0.25, 0.3) is 0 Å². The molecular weight excluding hydrogens is 364 g/mol. The van der Waals surface area contributed by atoms with Gasteiger partial charge in [0.15, 0.2) is 0 Å². The van der Waals surface area contributed by atoms with Gasteiger partial charge in [0.25, 0.3) is 0 Å². The van der Waals surface area contributed by atoms with Crippen LogP contribution in [0.2, 0.25) is 0 Å². The summed E-state index contributed by atoms with van der Waals surface area (Å²) >= 11 is 0. The van der Waals surface area contributed by atoms with E-state index in [2.05, 4.69) is 16.0 Å². The molecule has 8 N–H and O–H groups in total. The van der Waals surface area contributed by atoms with E-state index in [9.17, 15) is 24.0 Å². The highest BCUT2D eigenvalue weighted by Gasteiger charge is 2.32. The Balaban J connectivity index is 5.36. The lowest BCUT2D eigenvalue weighted by molar-refractivity contribution is -0.144. The first-order valence-electron chi connectivity index (χ1n) is 8.22. The smallest absolute Gasteiger partial charge is 0.328 e. The molecule has 0 aliphatic carbocycles. The molecule has 4 atom stereocenters. The Bertz CT molecular complexity index is 568. The molecule has 12 heteroatoms. The Kier molecular flexibility index (Phi) is 10.6. The third kappa shape index (κ3) is 8.46. The fourth-order valence-electron chi connectivity index (χ4n) is 2.04. The number of carboxylic acids is 2. The summed E-state index contributed by atoms with van der Waals surface area (Å²) in [5.41, 5.74) is 5.13. The predicted molar refractivity (Wildman–Crippen MR) is 91.3 cm³/mol. The maximum Gasteiger partial charge on any atom is 0.328 e. The van der Waals surface area contributed by atoms with Gasteiger partial charge in [-0.15, -0.1) is 0 Å². The lowest BCUT2D eigenvalue weighted by Gasteiger charge is -2.27. The Labute approximate surface area is 155 Å². The first-order chi connectivity index (χ1) is 12.6. The Morgan fingerprint density at radius 1 is 0.963 bits per heavy atom. The van der Waals surface area contributed by atoms with Gasteiger partial charge < -0.3 is 37.0 Å². The van der Waals surface area contributed by atoms with Crippen molar-refractivity contribution in [2.45, 2.75) is 44.8 Å². The van der Waals surface area contributed by atoms with E-state index in [-0.39, 0.29) is 0 Å². The fourth-order valence-corrected chi connectivity index (χ4v) is 2.04. The molecule has 0 aromatic heterocycles. The number of hydrogen-bond donors (Lipinski definition) is 7. The molecule has 0 aliphatic heterocycles. The molecule has 0 fully saturated rings. The topological polar surface area (TPSA) is 208 Å². The molecule has 0 spiro atoms. The molecule has 4 unspecified atom stereocenters. The number of aliphatic carboxylic acids is 2. The normalized spacial score (nSPS) is 15.0. The highest BCUT2D eigenvalue weighted by Crippen LogP contribution is 2.09. The maximum atomic E-state index is 12.4. The number of nitrogens with one attached hydrogen (secondary N) is 3. The number of carboxylic acid groups (broad SMARTS) is 2. The van der Waals surface area contributed by atoms with E-state index in [0.717, 1.165) is 0 Å². The summed E-state index contributed by atoms with van der Waals surface area (Å²) in [6.45, 7) is 2.03. The van der Waals surface area contributed by atoms with Crippen LogP contribution in [-0.2, 0) is 24.0 Å². The van der Waals surface area contributed by atoms with E-state index >= 15 is 0 Å². The second-order valence-corrected chi connectivity index (χ2v) is 5.88. The quantitative estimate of drug-likeness (QED) is 0.181. The molecule has 0 heterocycles. The van der Waals surface area contributed by atoms with Gasteiger partial charge in [0.2, 0.25) is 17.7 Å². The van der Waals surface area contributed by atoms with Crippen molar-refractivity contribution in [2.24, 2.45) is 11.7 Å². The molecule has 0 rings (SSSR count). The third-order valence-electron chi connectivity index (χ3n) is 3.81. The molecule has 154 valence electrons. The van der Waals surface area contributed by atoms with Gasteiger partial charge in [-0.3, -0.25) is 19.2 Å². The highest BCUT2D eigenvalue weighted by molar-refractivity contribution is 5.95. The highest BCUT2D eigenvalue weighted by atomic mass is 16.4. The number of nitrogens with two attached hydrogens (primary N) is 1. The minimum atomic E-state index is -1.56. The van der Waals surface area contributed by atoms with Crippen LogP contribution in [-0.4, -0.2) is 76.3 Å². The number of aliphatic hydroxyl groups is 1. The summed E-state index contributed by atoms with van der Waals surface area (Å²) in [4.78, 5) is 58.0. The van der Waals surface area contributed by atoms with Crippen molar-refractivity contribution in [3.05, 3.63) is 0 Å². The van der Waals surface area contributed by atoms with Crippen LogP contribution in [0.5, 0.6) is 0 Å². The molecule has 27 heavy (non-hydrogen) atoms. The molecule has 0 aliphatic rings. The lowest BCUT2D eigenvalue weighted by Crippen LogP contribution is -2.58. The monoisotopic (exact) mass is 390 g/mol. The molecular formula is C15H26N4O8. The molecule has 3 amide bonds. The molecule has 0 saturated heterocycles. The first kappa shape index (κ1) is 24.3. The van der Waals surface area contributed by atoms with Crippen LogP contribution >= 0.6 is 0 Å². The van der Waals surface area contributed by atoms with Crippen LogP contribution < -0.4 is 21.7 Å². The van der Waals surface area contributed by atoms with E-state index in [4.69, 9.17) is 21.1 Å². The third-order valence-corrected chi connectivity index (χ3v) is 3.81. The minimum absolute atomic E-state index is 0.425. The van der Waals surface area contributed by atoms with E-state index < -0.39 is 73.3 Å². The van der Waals surface area contributed by atoms with Gasteiger partial charge in [-0.25, -0.2) is 4.79 Å². The van der Waals surface area contributed by atoms with Gasteiger partial charge in [-0.05, 0) is 5.92 Å². The average molecular weight is 390 g/mol. The Morgan fingerprint density at radius 3 is 1.96 bits per heavy atom. The summed E-state index contributed by atoms with van der Waals surface area (Å²) in [5.74, 6) is -5.82. The number of rotatable bonds is 12. The van der Waals surface area contributed by atoms with Gasteiger partial charge >= 0.3 is 11.9 Å².